The molecule has 0 radical (unpaired) electrons. The number of hydrogen-bond donors (Lipinski definition) is 1. The zero-order valence-electron chi connectivity index (χ0n) is 9.13. The van der Waals surface area contributed by atoms with Crippen molar-refractivity contribution in [3.05, 3.63) is 29.9 Å². The highest BCUT2D eigenvalue weighted by atomic mass is 32.2. The normalized spacial score (nSPS) is 10.2. The van der Waals surface area contributed by atoms with Crippen molar-refractivity contribution >= 4 is 11.8 Å². The Kier molecular flexibility index (Phi) is 3.79. The number of halogens is 1. The largest absolute Gasteiger partial charge is 0.505 e. The van der Waals surface area contributed by atoms with Crippen molar-refractivity contribution < 1.29 is 14.0 Å². The van der Waals surface area contributed by atoms with Crippen LogP contribution in [0.3, 0.4) is 0 Å². The van der Waals surface area contributed by atoms with Gasteiger partial charge in [0.25, 0.3) is 0 Å². The van der Waals surface area contributed by atoms with E-state index in [2.05, 4.69) is 10.1 Å². The lowest BCUT2D eigenvalue weighted by atomic mass is 10.2. The first-order valence-electron chi connectivity index (χ1n) is 4.97. The third-order valence-electron chi connectivity index (χ3n) is 2.07. The van der Waals surface area contributed by atoms with Gasteiger partial charge in [0.15, 0.2) is 11.6 Å². The SMILES string of the molecule is N#CCSCc1nc(-c2ccc(O)c(F)c2)no1. The molecule has 0 saturated heterocycles. The van der Waals surface area contributed by atoms with Gasteiger partial charge in [0.05, 0.1) is 17.6 Å². The third kappa shape index (κ3) is 2.78. The van der Waals surface area contributed by atoms with Crippen LogP contribution in [-0.2, 0) is 5.75 Å². The second-order valence-corrected chi connectivity index (χ2v) is 4.31. The Labute approximate surface area is 106 Å². The van der Waals surface area contributed by atoms with Crippen LogP contribution in [0.2, 0.25) is 0 Å². The topological polar surface area (TPSA) is 82.9 Å². The Bertz CT molecular complexity index is 594. The summed E-state index contributed by atoms with van der Waals surface area (Å²) in [5.74, 6) is 0.233. The molecule has 0 aliphatic carbocycles. The maximum atomic E-state index is 13.1. The highest BCUT2D eigenvalue weighted by Crippen LogP contribution is 2.23. The van der Waals surface area contributed by atoms with Gasteiger partial charge < -0.3 is 9.63 Å². The molecule has 0 unspecified atom stereocenters. The van der Waals surface area contributed by atoms with E-state index in [4.69, 9.17) is 14.9 Å². The molecule has 2 aromatic rings. The van der Waals surface area contributed by atoms with Gasteiger partial charge in [-0.25, -0.2) is 4.39 Å². The van der Waals surface area contributed by atoms with Gasteiger partial charge in [0, 0.05) is 5.56 Å². The number of phenols is 1. The molecule has 1 N–H and O–H groups in total. The number of phenolic OH excluding ortho intramolecular Hbond substituents is 1. The number of benzene rings is 1. The minimum absolute atomic E-state index is 0.251. The number of aromatic hydroxyl groups is 1. The number of hydrogen-bond acceptors (Lipinski definition) is 6. The van der Waals surface area contributed by atoms with Crippen molar-refractivity contribution in [1.82, 2.24) is 10.1 Å². The second kappa shape index (κ2) is 5.51. The standard InChI is InChI=1S/C11H8FN3O2S/c12-8-5-7(1-2-9(8)16)11-14-10(17-15-11)6-18-4-3-13/h1-2,5,16H,4,6H2. The minimum Gasteiger partial charge on any atom is -0.505 e. The molecule has 0 atom stereocenters. The van der Waals surface area contributed by atoms with E-state index in [1.54, 1.807) is 0 Å². The zero-order chi connectivity index (χ0) is 13.0. The fourth-order valence-corrected chi connectivity index (χ4v) is 1.75. The number of aromatic nitrogens is 2. The molecule has 1 aromatic carbocycles. The first kappa shape index (κ1) is 12.4. The molecular formula is C11H8FN3O2S. The van der Waals surface area contributed by atoms with Gasteiger partial charge in [-0.05, 0) is 18.2 Å². The fourth-order valence-electron chi connectivity index (χ4n) is 1.26. The maximum absolute atomic E-state index is 13.1. The predicted octanol–water partition coefficient (Wildman–Crippen LogP) is 2.34. The molecule has 0 saturated carbocycles. The van der Waals surface area contributed by atoms with Gasteiger partial charge in [0.2, 0.25) is 11.7 Å². The van der Waals surface area contributed by atoms with Crippen molar-refractivity contribution in [2.24, 2.45) is 0 Å². The summed E-state index contributed by atoms with van der Waals surface area (Å²) in [4.78, 5) is 4.07. The van der Waals surface area contributed by atoms with Crippen molar-refractivity contribution in [2.75, 3.05) is 5.75 Å². The molecule has 1 heterocycles. The molecule has 18 heavy (non-hydrogen) atoms. The van der Waals surface area contributed by atoms with Crippen LogP contribution in [-0.4, -0.2) is 21.0 Å². The summed E-state index contributed by atoms with van der Waals surface area (Å²) in [7, 11) is 0. The fraction of sp³-hybridized carbons (Fsp3) is 0.182. The van der Waals surface area contributed by atoms with E-state index < -0.39 is 11.6 Å². The summed E-state index contributed by atoms with van der Waals surface area (Å²) in [6.07, 6.45) is 0. The van der Waals surface area contributed by atoms with E-state index in [1.165, 1.54) is 23.9 Å². The zero-order valence-corrected chi connectivity index (χ0v) is 9.95. The first-order chi connectivity index (χ1) is 8.70. The van der Waals surface area contributed by atoms with Crippen LogP contribution in [0, 0.1) is 17.1 Å². The van der Waals surface area contributed by atoms with Gasteiger partial charge in [-0.1, -0.05) is 5.16 Å². The van der Waals surface area contributed by atoms with Crippen LogP contribution in [0.25, 0.3) is 11.4 Å². The first-order valence-corrected chi connectivity index (χ1v) is 6.12. The van der Waals surface area contributed by atoms with Crippen molar-refractivity contribution in [1.29, 1.82) is 5.26 Å². The van der Waals surface area contributed by atoms with Crippen LogP contribution in [0.5, 0.6) is 5.75 Å². The average molecular weight is 265 g/mol. The Balaban J connectivity index is 2.14. The summed E-state index contributed by atoms with van der Waals surface area (Å²) in [6, 6.07) is 5.84. The highest BCUT2D eigenvalue weighted by Gasteiger charge is 2.10. The van der Waals surface area contributed by atoms with E-state index >= 15 is 0 Å². The van der Waals surface area contributed by atoms with Crippen molar-refractivity contribution in [3.8, 4) is 23.2 Å². The van der Waals surface area contributed by atoms with Crippen molar-refractivity contribution in [3.63, 3.8) is 0 Å². The van der Waals surface area contributed by atoms with E-state index in [-0.39, 0.29) is 5.82 Å². The van der Waals surface area contributed by atoms with E-state index in [0.717, 1.165) is 6.07 Å². The summed E-state index contributed by atoms with van der Waals surface area (Å²) in [5.41, 5.74) is 0.422. The maximum Gasteiger partial charge on any atom is 0.236 e. The van der Waals surface area contributed by atoms with Gasteiger partial charge >= 0.3 is 0 Å². The van der Waals surface area contributed by atoms with E-state index in [9.17, 15) is 4.39 Å². The predicted molar refractivity (Wildman–Crippen MR) is 63.1 cm³/mol. The molecule has 0 aliphatic heterocycles. The van der Waals surface area contributed by atoms with Crippen LogP contribution in [0.15, 0.2) is 22.7 Å². The van der Waals surface area contributed by atoms with Crippen LogP contribution in [0.4, 0.5) is 4.39 Å². The molecule has 0 spiro atoms. The molecule has 2 rings (SSSR count). The molecule has 5 nitrogen and oxygen atoms in total. The van der Waals surface area contributed by atoms with E-state index in [1.807, 2.05) is 6.07 Å². The van der Waals surface area contributed by atoms with Crippen molar-refractivity contribution in [2.45, 2.75) is 5.75 Å². The molecule has 0 aliphatic rings. The Morgan fingerprint density at radius 1 is 1.50 bits per heavy atom. The summed E-state index contributed by atoms with van der Waals surface area (Å²) >= 11 is 1.35. The summed E-state index contributed by atoms with van der Waals surface area (Å²) in [5, 5.41) is 21.2. The Morgan fingerprint density at radius 3 is 3.06 bits per heavy atom. The molecule has 7 heteroatoms. The second-order valence-electron chi connectivity index (χ2n) is 3.33. The van der Waals surface area contributed by atoms with Gasteiger partial charge in [0.1, 0.15) is 0 Å². The lowest BCUT2D eigenvalue weighted by molar-refractivity contribution is 0.391. The monoisotopic (exact) mass is 265 g/mol. The van der Waals surface area contributed by atoms with Gasteiger partial charge in [-0.3, -0.25) is 0 Å². The Hall–Kier alpha value is -2.07. The number of rotatable bonds is 4. The average Bonchev–Trinajstić information content (AvgIpc) is 2.82. The number of nitrogens with zero attached hydrogens (tertiary/aromatic N) is 3. The smallest absolute Gasteiger partial charge is 0.236 e. The van der Waals surface area contributed by atoms with Crippen LogP contribution >= 0.6 is 11.8 Å². The van der Waals surface area contributed by atoms with Crippen LogP contribution < -0.4 is 0 Å². The molecule has 0 bridgehead atoms. The lowest BCUT2D eigenvalue weighted by Gasteiger charge is -1.96. The highest BCUT2D eigenvalue weighted by molar-refractivity contribution is 7.98. The van der Waals surface area contributed by atoms with Gasteiger partial charge in [-0.2, -0.15) is 10.2 Å². The molecular weight excluding hydrogens is 257 g/mol. The molecule has 0 amide bonds. The number of nitriles is 1. The summed E-state index contributed by atoms with van der Waals surface area (Å²) < 4.78 is 18.1. The molecule has 1 aromatic heterocycles. The lowest BCUT2D eigenvalue weighted by Crippen LogP contribution is -1.85. The molecule has 0 fully saturated rings. The molecule has 92 valence electrons. The van der Waals surface area contributed by atoms with E-state index in [0.29, 0.717) is 23.0 Å². The van der Waals surface area contributed by atoms with Crippen LogP contribution in [0.1, 0.15) is 5.89 Å². The quantitative estimate of drug-likeness (QED) is 0.854. The minimum atomic E-state index is -0.738. The third-order valence-corrected chi connectivity index (χ3v) is 2.85. The Morgan fingerprint density at radius 2 is 2.33 bits per heavy atom. The van der Waals surface area contributed by atoms with Gasteiger partial charge in [-0.15, -0.1) is 11.8 Å². The number of thioether (sulfide) groups is 1. The summed E-state index contributed by atoms with van der Waals surface area (Å²) in [6.45, 7) is 0.